The number of quaternary nitrogens is 1. The first kappa shape index (κ1) is 11.0. The largest absolute Gasteiger partial charge is 0.342 e. The van der Waals surface area contributed by atoms with Gasteiger partial charge >= 0.3 is 0 Å². The van der Waals surface area contributed by atoms with Gasteiger partial charge in [-0.2, -0.15) is 0 Å². The highest BCUT2D eigenvalue weighted by Crippen LogP contribution is 2.42. The van der Waals surface area contributed by atoms with E-state index < -0.39 is 0 Å². The molecule has 3 atom stereocenters. The average molecular weight is 228 g/mol. The Bertz CT molecular complexity index is 404. The molecule has 0 spiro atoms. The van der Waals surface area contributed by atoms with E-state index in [2.05, 4.69) is 48.7 Å². The average Bonchev–Trinajstić information content (AvgIpc) is 2.94. The van der Waals surface area contributed by atoms with Crippen LogP contribution >= 0.6 is 0 Å². The van der Waals surface area contributed by atoms with Crippen LogP contribution in [-0.4, -0.2) is 6.54 Å². The maximum Gasteiger partial charge on any atom is 0.101 e. The van der Waals surface area contributed by atoms with Gasteiger partial charge in [-0.1, -0.05) is 42.0 Å². The zero-order chi connectivity index (χ0) is 11.7. The van der Waals surface area contributed by atoms with Crippen LogP contribution in [-0.2, 0) is 6.54 Å². The summed E-state index contributed by atoms with van der Waals surface area (Å²) in [6.45, 7) is 4.59. The van der Waals surface area contributed by atoms with E-state index in [1.807, 2.05) is 0 Å². The van der Waals surface area contributed by atoms with Gasteiger partial charge in [-0.05, 0) is 31.6 Å². The lowest BCUT2D eigenvalue weighted by Gasteiger charge is -2.16. The van der Waals surface area contributed by atoms with Crippen molar-refractivity contribution in [3.8, 4) is 0 Å². The number of benzene rings is 1. The molecule has 0 aromatic heterocycles. The normalized spacial score (nSPS) is 30.1. The standard InChI is InChI=1S/C16H21N/c1-12-2-4-13(5-3-12)10-17-11-16-9-14-6-7-15(16)8-14/h2-7,14-17H,8-11H2,1H3/p+1/t14-,15-,16-/m0/s1. The molecule has 2 aliphatic carbocycles. The summed E-state index contributed by atoms with van der Waals surface area (Å²) in [4.78, 5) is 0. The van der Waals surface area contributed by atoms with Crippen molar-refractivity contribution in [3.63, 3.8) is 0 Å². The molecule has 1 nitrogen and oxygen atoms in total. The predicted octanol–water partition coefficient (Wildman–Crippen LogP) is 2.27. The molecule has 0 radical (unpaired) electrons. The second-order valence-electron chi connectivity index (χ2n) is 5.75. The molecule has 0 aliphatic heterocycles. The van der Waals surface area contributed by atoms with Crippen molar-refractivity contribution in [3.05, 3.63) is 47.5 Å². The van der Waals surface area contributed by atoms with E-state index >= 15 is 0 Å². The molecule has 0 heterocycles. The summed E-state index contributed by atoms with van der Waals surface area (Å²) in [6.07, 6.45) is 7.76. The molecule has 1 heteroatoms. The van der Waals surface area contributed by atoms with Gasteiger partial charge < -0.3 is 5.32 Å². The van der Waals surface area contributed by atoms with Crippen LogP contribution in [0.2, 0.25) is 0 Å². The fraction of sp³-hybridized carbons (Fsp3) is 0.500. The van der Waals surface area contributed by atoms with Gasteiger partial charge in [-0.15, -0.1) is 0 Å². The molecule has 17 heavy (non-hydrogen) atoms. The van der Waals surface area contributed by atoms with Gasteiger partial charge in [0.15, 0.2) is 0 Å². The minimum atomic E-state index is 0.897. The van der Waals surface area contributed by atoms with Crippen molar-refractivity contribution >= 4 is 0 Å². The van der Waals surface area contributed by atoms with Crippen LogP contribution in [0.3, 0.4) is 0 Å². The smallest absolute Gasteiger partial charge is 0.101 e. The summed E-state index contributed by atoms with van der Waals surface area (Å²) in [5, 5.41) is 2.49. The van der Waals surface area contributed by atoms with Gasteiger partial charge in [0.2, 0.25) is 0 Å². The number of rotatable bonds is 4. The van der Waals surface area contributed by atoms with E-state index in [4.69, 9.17) is 0 Å². The Morgan fingerprint density at radius 2 is 1.94 bits per heavy atom. The van der Waals surface area contributed by atoms with Crippen molar-refractivity contribution < 1.29 is 5.32 Å². The first-order valence-corrected chi connectivity index (χ1v) is 6.87. The summed E-state index contributed by atoms with van der Waals surface area (Å²) >= 11 is 0. The highest BCUT2D eigenvalue weighted by atomic mass is 14.9. The van der Waals surface area contributed by atoms with Gasteiger partial charge in [-0.25, -0.2) is 0 Å². The van der Waals surface area contributed by atoms with E-state index in [9.17, 15) is 0 Å². The van der Waals surface area contributed by atoms with Gasteiger partial charge in [0.05, 0.1) is 6.54 Å². The molecule has 0 amide bonds. The Balaban J connectivity index is 1.46. The molecule has 1 aromatic carbocycles. The molecule has 2 bridgehead atoms. The summed E-state index contributed by atoms with van der Waals surface area (Å²) in [5.74, 6) is 2.75. The Morgan fingerprint density at radius 3 is 2.59 bits per heavy atom. The second-order valence-corrected chi connectivity index (χ2v) is 5.75. The van der Waals surface area contributed by atoms with Crippen molar-refractivity contribution in [2.24, 2.45) is 17.8 Å². The van der Waals surface area contributed by atoms with Crippen molar-refractivity contribution in [1.29, 1.82) is 0 Å². The number of nitrogens with two attached hydrogens (primary N) is 1. The maximum atomic E-state index is 2.49. The number of allylic oxidation sites excluding steroid dienone is 2. The highest BCUT2D eigenvalue weighted by Gasteiger charge is 2.36. The summed E-state index contributed by atoms with van der Waals surface area (Å²) in [6, 6.07) is 8.94. The molecular formula is C16H22N+. The van der Waals surface area contributed by atoms with Crippen molar-refractivity contribution in [2.75, 3.05) is 6.54 Å². The van der Waals surface area contributed by atoms with Crippen LogP contribution in [0.1, 0.15) is 24.0 Å². The topological polar surface area (TPSA) is 16.6 Å². The molecule has 1 aromatic rings. The molecule has 2 N–H and O–H groups in total. The SMILES string of the molecule is Cc1ccc(C[NH2+]C[C@@H]2C[C@H]3C=C[C@H]2C3)cc1. The molecule has 3 rings (SSSR count). The second kappa shape index (κ2) is 4.66. The zero-order valence-corrected chi connectivity index (χ0v) is 10.6. The Kier molecular flexibility index (Phi) is 3.02. The quantitative estimate of drug-likeness (QED) is 0.761. The van der Waals surface area contributed by atoms with E-state index in [1.54, 1.807) is 0 Å². The third-order valence-electron chi connectivity index (χ3n) is 4.39. The minimum Gasteiger partial charge on any atom is -0.342 e. The van der Waals surface area contributed by atoms with Gasteiger partial charge in [0.25, 0.3) is 0 Å². The van der Waals surface area contributed by atoms with E-state index in [1.165, 1.54) is 30.5 Å². The number of aryl methyl sites for hydroxylation is 1. The minimum absolute atomic E-state index is 0.897. The van der Waals surface area contributed by atoms with E-state index in [0.717, 1.165) is 24.3 Å². The van der Waals surface area contributed by atoms with Gasteiger partial charge in [0.1, 0.15) is 6.54 Å². The third kappa shape index (κ3) is 2.44. The first-order valence-electron chi connectivity index (χ1n) is 6.87. The molecule has 2 aliphatic rings. The monoisotopic (exact) mass is 228 g/mol. The zero-order valence-electron chi connectivity index (χ0n) is 10.6. The van der Waals surface area contributed by atoms with Crippen LogP contribution in [0.4, 0.5) is 0 Å². The first-order chi connectivity index (χ1) is 8.31. The fourth-order valence-corrected chi connectivity index (χ4v) is 3.35. The molecule has 1 saturated carbocycles. The molecule has 0 saturated heterocycles. The Hall–Kier alpha value is -1.08. The highest BCUT2D eigenvalue weighted by molar-refractivity contribution is 5.20. The van der Waals surface area contributed by atoms with E-state index in [-0.39, 0.29) is 0 Å². The summed E-state index contributed by atoms with van der Waals surface area (Å²) in [5.41, 5.74) is 2.81. The van der Waals surface area contributed by atoms with Crippen LogP contribution < -0.4 is 5.32 Å². The molecular weight excluding hydrogens is 206 g/mol. The predicted molar refractivity (Wildman–Crippen MR) is 70.5 cm³/mol. The van der Waals surface area contributed by atoms with Crippen molar-refractivity contribution in [2.45, 2.75) is 26.3 Å². The van der Waals surface area contributed by atoms with Crippen molar-refractivity contribution in [1.82, 2.24) is 0 Å². The van der Waals surface area contributed by atoms with Crippen LogP contribution in [0, 0.1) is 24.7 Å². The molecule has 1 fully saturated rings. The van der Waals surface area contributed by atoms with E-state index in [0.29, 0.717) is 0 Å². The van der Waals surface area contributed by atoms with Crippen LogP contribution in [0.5, 0.6) is 0 Å². The Morgan fingerprint density at radius 1 is 1.12 bits per heavy atom. The lowest BCUT2D eigenvalue weighted by Crippen LogP contribution is -2.84. The molecule has 0 unspecified atom stereocenters. The summed E-state index contributed by atoms with van der Waals surface area (Å²) < 4.78 is 0. The lowest BCUT2D eigenvalue weighted by atomic mass is 9.93. The number of fused-ring (bicyclic) bond motifs is 2. The summed E-state index contributed by atoms with van der Waals surface area (Å²) in [7, 11) is 0. The number of hydrogen-bond donors (Lipinski definition) is 1. The van der Waals surface area contributed by atoms with Crippen LogP contribution in [0.15, 0.2) is 36.4 Å². The maximum absolute atomic E-state index is 2.49. The lowest BCUT2D eigenvalue weighted by molar-refractivity contribution is -0.676. The third-order valence-corrected chi connectivity index (χ3v) is 4.39. The number of hydrogen-bond acceptors (Lipinski definition) is 0. The molecule has 90 valence electrons. The Labute approximate surface area is 104 Å². The van der Waals surface area contributed by atoms with Gasteiger partial charge in [0, 0.05) is 11.5 Å². The fourth-order valence-electron chi connectivity index (χ4n) is 3.35. The van der Waals surface area contributed by atoms with Crippen LogP contribution in [0.25, 0.3) is 0 Å². The van der Waals surface area contributed by atoms with Gasteiger partial charge in [-0.3, -0.25) is 0 Å².